The van der Waals surface area contributed by atoms with Crippen LogP contribution in [0.4, 0.5) is 4.79 Å². The predicted molar refractivity (Wildman–Crippen MR) is 111 cm³/mol. The molecule has 1 aliphatic heterocycles. The number of hydrogen-bond donors (Lipinski definition) is 1. The summed E-state index contributed by atoms with van der Waals surface area (Å²) in [6.45, 7) is 1.81. The fourth-order valence-corrected chi connectivity index (χ4v) is 3.79. The van der Waals surface area contributed by atoms with E-state index in [1.807, 2.05) is 65.6 Å². The second-order valence-corrected chi connectivity index (χ2v) is 7.34. The fourth-order valence-electron chi connectivity index (χ4n) is 3.79. The molecule has 3 aromatic rings. The maximum Gasteiger partial charge on any atom is 0.350 e. The summed E-state index contributed by atoms with van der Waals surface area (Å²) in [5, 5.41) is 7.49. The molecule has 0 unspecified atom stereocenters. The molecule has 29 heavy (non-hydrogen) atoms. The number of nitrogens with one attached hydrogen (secondary N) is 1. The Hall–Kier alpha value is -3.35. The Morgan fingerprint density at radius 3 is 2.31 bits per heavy atom. The molecule has 0 saturated carbocycles. The molecular weight excluding hydrogens is 366 g/mol. The number of hydrogen-bond acceptors (Lipinski definition) is 3. The molecule has 1 aliphatic rings. The van der Waals surface area contributed by atoms with Crippen LogP contribution in [0.15, 0.2) is 65.5 Å². The molecule has 2 heterocycles. The summed E-state index contributed by atoms with van der Waals surface area (Å²) >= 11 is 0. The lowest BCUT2D eigenvalue weighted by molar-refractivity contribution is 0.179. The third-order valence-electron chi connectivity index (χ3n) is 5.40. The Morgan fingerprint density at radius 2 is 1.66 bits per heavy atom. The Labute approximate surface area is 169 Å². The van der Waals surface area contributed by atoms with Crippen LogP contribution < -0.4 is 11.0 Å². The van der Waals surface area contributed by atoms with Gasteiger partial charge >= 0.3 is 11.7 Å². The van der Waals surface area contributed by atoms with Crippen molar-refractivity contribution in [2.75, 3.05) is 13.1 Å². The highest BCUT2D eigenvalue weighted by Crippen LogP contribution is 2.27. The number of nitrogens with zero attached hydrogens (tertiary/aromatic N) is 4. The van der Waals surface area contributed by atoms with E-state index < -0.39 is 0 Å². The monoisotopic (exact) mass is 391 g/mol. The smallest absolute Gasteiger partial charge is 0.334 e. The molecule has 0 radical (unpaired) electrons. The van der Waals surface area contributed by atoms with E-state index in [9.17, 15) is 9.59 Å². The zero-order valence-electron chi connectivity index (χ0n) is 16.5. The number of para-hydroxylation sites is 1. The van der Waals surface area contributed by atoms with Crippen LogP contribution in [-0.4, -0.2) is 38.4 Å². The van der Waals surface area contributed by atoms with Crippen molar-refractivity contribution in [3.63, 3.8) is 0 Å². The third kappa shape index (κ3) is 4.08. The summed E-state index contributed by atoms with van der Waals surface area (Å²) in [4.78, 5) is 27.0. The number of piperidine rings is 1. The minimum atomic E-state index is -0.144. The minimum Gasteiger partial charge on any atom is -0.334 e. The van der Waals surface area contributed by atoms with Crippen LogP contribution >= 0.6 is 0 Å². The Kier molecular flexibility index (Phi) is 5.46. The molecule has 1 N–H and O–H groups in total. The standard InChI is InChI=1S/C22H25N5O2/c1-25-22(29)27(19-10-6-3-7-11-19)20(24-25)18-12-14-26(15-13-18)21(28)23-16-17-8-4-2-5-9-17/h2-11,18H,12-16H2,1H3,(H,23,28). The first-order valence-electron chi connectivity index (χ1n) is 9.91. The van der Waals surface area contributed by atoms with E-state index in [-0.39, 0.29) is 17.6 Å². The van der Waals surface area contributed by atoms with E-state index in [0.29, 0.717) is 19.6 Å². The summed E-state index contributed by atoms with van der Waals surface area (Å²) in [5.41, 5.74) is 1.76. The number of carbonyl (C=O) groups excluding carboxylic acids is 1. The molecular formula is C22H25N5O2. The number of benzene rings is 2. The van der Waals surface area contributed by atoms with E-state index in [1.54, 1.807) is 11.6 Å². The first kappa shape index (κ1) is 19.0. The molecule has 0 bridgehead atoms. The number of amides is 2. The van der Waals surface area contributed by atoms with Gasteiger partial charge in [0.15, 0.2) is 0 Å². The van der Waals surface area contributed by atoms with E-state index in [0.717, 1.165) is 29.9 Å². The lowest BCUT2D eigenvalue weighted by atomic mass is 9.96. The van der Waals surface area contributed by atoms with Crippen molar-refractivity contribution in [2.45, 2.75) is 25.3 Å². The average molecular weight is 391 g/mol. The number of urea groups is 1. The van der Waals surface area contributed by atoms with Gasteiger partial charge in [-0.05, 0) is 30.5 Å². The molecule has 2 amide bonds. The Bertz CT molecular complexity index is 1020. The van der Waals surface area contributed by atoms with Gasteiger partial charge in [-0.3, -0.25) is 0 Å². The van der Waals surface area contributed by atoms with Crippen LogP contribution in [0.25, 0.3) is 5.69 Å². The predicted octanol–water partition coefficient (Wildman–Crippen LogP) is 2.66. The highest BCUT2D eigenvalue weighted by molar-refractivity contribution is 5.74. The molecule has 0 aliphatic carbocycles. The topological polar surface area (TPSA) is 72.2 Å². The fraction of sp³-hybridized carbons (Fsp3) is 0.318. The molecule has 1 saturated heterocycles. The SMILES string of the molecule is Cn1nc(C2CCN(C(=O)NCc3ccccc3)CC2)n(-c2ccccc2)c1=O. The molecule has 4 rings (SSSR count). The summed E-state index contributed by atoms with van der Waals surface area (Å²) in [5.74, 6) is 0.912. The highest BCUT2D eigenvalue weighted by Gasteiger charge is 2.28. The van der Waals surface area contributed by atoms with Gasteiger partial charge in [-0.2, -0.15) is 5.10 Å². The van der Waals surface area contributed by atoms with E-state index in [2.05, 4.69) is 10.4 Å². The van der Waals surface area contributed by atoms with Crippen LogP contribution in [0.3, 0.4) is 0 Å². The Morgan fingerprint density at radius 1 is 1.03 bits per heavy atom. The summed E-state index contributed by atoms with van der Waals surface area (Å²) in [6.07, 6.45) is 1.56. The lowest BCUT2D eigenvalue weighted by Crippen LogP contribution is -2.44. The van der Waals surface area contributed by atoms with E-state index >= 15 is 0 Å². The highest BCUT2D eigenvalue weighted by atomic mass is 16.2. The summed E-state index contributed by atoms with van der Waals surface area (Å²) in [6, 6.07) is 19.4. The van der Waals surface area contributed by atoms with Gasteiger partial charge in [-0.1, -0.05) is 48.5 Å². The van der Waals surface area contributed by atoms with Gasteiger partial charge in [-0.25, -0.2) is 18.8 Å². The van der Waals surface area contributed by atoms with Crippen molar-refractivity contribution in [3.8, 4) is 5.69 Å². The largest absolute Gasteiger partial charge is 0.350 e. The van der Waals surface area contributed by atoms with Crippen LogP contribution in [0.1, 0.15) is 30.1 Å². The summed E-state index contributed by atoms with van der Waals surface area (Å²) < 4.78 is 3.08. The van der Waals surface area contributed by atoms with Crippen molar-refractivity contribution < 1.29 is 4.79 Å². The zero-order chi connectivity index (χ0) is 20.2. The van der Waals surface area contributed by atoms with E-state index in [4.69, 9.17) is 0 Å². The number of carbonyl (C=O) groups is 1. The maximum absolute atomic E-state index is 12.6. The first-order chi connectivity index (χ1) is 14.1. The third-order valence-corrected chi connectivity index (χ3v) is 5.40. The van der Waals surface area contributed by atoms with E-state index in [1.165, 1.54) is 4.68 Å². The van der Waals surface area contributed by atoms with Crippen molar-refractivity contribution in [1.29, 1.82) is 0 Å². The van der Waals surface area contributed by atoms with Gasteiger partial charge in [0.05, 0.1) is 5.69 Å². The van der Waals surface area contributed by atoms with Crippen molar-refractivity contribution in [2.24, 2.45) is 7.05 Å². The van der Waals surface area contributed by atoms with Gasteiger partial charge in [0, 0.05) is 32.6 Å². The van der Waals surface area contributed by atoms with Gasteiger partial charge < -0.3 is 10.2 Å². The quantitative estimate of drug-likeness (QED) is 0.743. The molecule has 7 nitrogen and oxygen atoms in total. The lowest BCUT2D eigenvalue weighted by Gasteiger charge is -2.31. The second kappa shape index (κ2) is 8.34. The number of aryl methyl sites for hydroxylation is 1. The van der Waals surface area contributed by atoms with Gasteiger partial charge in [0.2, 0.25) is 0 Å². The van der Waals surface area contributed by atoms with Crippen molar-refractivity contribution >= 4 is 6.03 Å². The van der Waals surface area contributed by atoms with Crippen LogP contribution in [0.5, 0.6) is 0 Å². The maximum atomic E-state index is 12.6. The van der Waals surface area contributed by atoms with Gasteiger partial charge in [-0.15, -0.1) is 0 Å². The van der Waals surface area contributed by atoms with Crippen molar-refractivity contribution in [1.82, 2.24) is 24.6 Å². The minimum absolute atomic E-state index is 0.0474. The molecule has 150 valence electrons. The molecule has 2 aromatic carbocycles. The first-order valence-corrected chi connectivity index (χ1v) is 9.91. The van der Waals surface area contributed by atoms with Crippen LogP contribution in [0.2, 0.25) is 0 Å². The molecule has 7 heteroatoms. The van der Waals surface area contributed by atoms with Gasteiger partial charge in [0.25, 0.3) is 0 Å². The van der Waals surface area contributed by atoms with Crippen molar-refractivity contribution in [3.05, 3.63) is 82.5 Å². The molecule has 0 atom stereocenters. The summed E-state index contributed by atoms with van der Waals surface area (Å²) in [7, 11) is 1.68. The number of rotatable bonds is 4. The molecule has 1 aromatic heterocycles. The van der Waals surface area contributed by atoms with Gasteiger partial charge in [0.1, 0.15) is 5.82 Å². The van der Waals surface area contributed by atoms with Crippen LogP contribution in [0, 0.1) is 0 Å². The molecule has 0 spiro atoms. The number of aromatic nitrogens is 3. The van der Waals surface area contributed by atoms with Crippen LogP contribution in [-0.2, 0) is 13.6 Å². The zero-order valence-corrected chi connectivity index (χ0v) is 16.5. The number of likely N-dealkylation sites (tertiary alicyclic amines) is 1. The Balaban J connectivity index is 1.42. The average Bonchev–Trinajstić information content (AvgIpc) is 3.08. The molecule has 1 fully saturated rings. The second-order valence-electron chi connectivity index (χ2n) is 7.34. The normalized spacial score (nSPS) is 14.7.